The van der Waals surface area contributed by atoms with Crippen LogP contribution in [0.4, 0.5) is 4.39 Å². The summed E-state index contributed by atoms with van der Waals surface area (Å²) in [5.74, 6) is 0.597. The summed E-state index contributed by atoms with van der Waals surface area (Å²) < 4.78 is 20.0. The Labute approximate surface area is 231 Å². The summed E-state index contributed by atoms with van der Waals surface area (Å²) in [5.41, 5.74) is 8.24. The molecule has 1 amide bonds. The van der Waals surface area contributed by atoms with E-state index < -0.39 is 6.04 Å². The molecule has 2 aromatic carbocycles. The number of ether oxygens (including phenoxy) is 1. The molecule has 1 unspecified atom stereocenters. The van der Waals surface area contributed by atoms with E-state index in [-0.39, 0.29) is 30.0 Å². The van der Waals surface area contributed by atoms with Gasteiger partial charge in [-0.3, -0.25) is 9.69 Å². The number of carbonyl (C=O) groups is 1. The Balaban J connectivity index is 0.00000380. The fourth-order valence-electron chi connectivity index (χ4n) is 5.26. The number of nitrogens with two attached hydrogens (primary N) is 1. The fraction of sp³-hybridized carbons (Fsp3) is 0.536. The van der Waals surface area contributed by atoms with Crippen LogP contribution in [0.1, 0.15) is 30.9 Å². The van der Waals surface area contributed by atoms with Crippen molar-refractivity contribution in [3.05, 3.63) is 64.4 Å². The maximum atomic E-state index is 14.4. The van der Waals surface area contributed by atoms with E-state index in [0.29, 0.717) is 50.6 Å². The lowest BCUT2D eigenvalue weighted by Gasteiger charge is -2.39. The molecule has 2 heterocycles. The van der Waals surface area contributed by atoms with Crippen LogP contribution in [-0.4, -0.2) is 79.1 Å². The number of piperidine rings is 1. The predicted octanol–water partition coefficient (Wildman–Crippen LogP) is 4.23. The Morgan fingerprint density at radius 1 is 1.05 bits per heavy atom. The van der Waals surface area contributed by atoms with E-state index in [9.17, 15) is 9.18 Å². The van der Waals surface area contributed by atoms with Crippen LogP contribution in [0.2, 0.25) is 5.02 Å². The normalized spacial score (nSPS) is 18.3. The van der Waals surface area contributed by atoms with E-state index in [0.717, 1.165) is 43.9 Å². The molecule has 204 valence electrons. The molecule has 0 bridgehead atoms. The number of benzene rings is 2. The smallest absolute Gasteiger partial charge is 0.239 e. The first-order valence-corrected chi connectivity index (χ1v) is 13.5. The second-order valence-corrected chi connectivity index (χ2v) is 10.2. The van der Waals surface area contributed by atoms with E-state index >= 15 is 0 Å². The van der Waals surface area contributed by atoms with Crippen LogP contribution in [-0.2, 0) is 17.8 Å². The number of rotatable bonds is 9. The van der Waals surface area contributed by atoms with Gasteiger partial charge in [-0.25, -0.2) is 4.39 Å². The molecule has 2 fully saturated rings. The van der Waals surface area contributed by atoms with Crippen molar-refractivity contribution in [2.75, 3.05) is 52.4 Å². The van der Waals surface area contributed by atoms with Gasteiger partial charge in [-0.05, 0) is 69.0 Å². The molecule has 2 aromatic rings. The van der Waals surface area contributed by atoms with Crippen LogP contribution < -0.4 is 10.5 Å². The van der Waals surface area contributed by atoms with E-state index in [4.69, 9.17) is 22.1 Å². The van der Waals surface area contributed by atoms with Crippen LogP contribution in [0.25, 0.3) is 0 Å². The molecular formula is C28H39Cl2FN4O2. The van der Waals surface area contributed by atoms with Crippen molar-refractivity contribution in [1.82, 2.24) is 14.7 Å². The van der Waals surface area contributed by atoms with Gasteiger partial charge in [0.1, 0.15) is 11.6 Å². The number of hydrogen-bond acceptors (Lipinski definition) is 5. The second-order valence-electron chi connectivity index (χ2n) is 9.80. The third kappa shape index (κ3) is 7.80. The highest BCUT2D eigenvalue weighted by Gasteiger charge is 2.33. The molecule has 37 heavy (non-hydrogen) atoms. The summed E-state index contributed by atoms with van der Waals surface area (Å²) in [6, 6.07) is 12.5. The van der Waals surface area contributed by atoms with Crippen molar-refractivity contribution in [2.45, 2.75) is 38.8 Å². The number of nitrogens with zero attached hydrogens (tertiary/aromatic N) is 3. The number of likely N-dealkylation sites (tertiary alicyclic amines) is 1. The molecule has 6 nitrogen and oxygen atoms in total. The highest BCUT2D eigenvalue weighted by molar-refractivity contribution is 6.31. The molecular weight excluding hydrogens is 514 g/mol. The monoisotopic (exact) mass is 552 g/mol. The van der Waals surface area contributed by atoms with Crippen molar-refractivity contribution >= 4 is 29.9 Å². The molecule has 1 atom stereocenters. The molecule has 2 N–H and O–H groups in total. The zero-order chi connectivity index (χ0) is 25.5. The third-order valence-electron chi connectivity index (χ3n) is 7.52. The Morgan fingerprint density at radius 2 is 1.76 bits per heavy atom. The topological polar surface area (TPSA) is 62.0 Å². The van der Waals surface area contributed by atoms with Gasteiger partial charge < -0.3 is 20.3 Å². The summed E-state index contributed by atoms with van der Waals surface area (Å²) in [6.45, 7) is 8.35. The molecule has 2 aliphatic rings. The SMILES string of the molecule is CCOc1cccc(F)c1CN1CCN(C(=O)C(N)C2CCN(CCc3ccccc3Cl)CC2)CC1.Cl. The first-order chi connectivity index (χ1) is 17.5. The van der Waals surface area contributed by atoms with Gasteiger partial charge in [0, 0.05) is 49.9 Å². The van der Waals surface area contributed by atoms with E-state index in [2.05, 4.69) is 15.9 Å². The van der Waals surface area contributed by atoms with E-state index in [1.54, 1.807) is 6.07 Å². The maximum absolute atomic E-state index is 14.4. The lowest BCUT2D eigenvalue weighted by molar-refractivity contribution is -0.136. The lowest BCUT2D eigenvalue weighted by Crippen LogP contribution is -2.55. The van der Waals surface area contributed by atoms with Gasteiger partial charge in [-0.2, -0.15) is 0 Å². The number of carbonyl (C=O) groups excluding carboxylic acids is 1. The van der Waals surface area contributed by atoms with Crippen LogP contribution in [0.15, 0.2) is 42.5 Å². The number of halogens is 3. The zero-order valence-electron chi connectivity index (χ0n) is 21.6. The standard InChI is InChI=1S/C28H38ClFN4O2.ClH/c1-2-36-26-9-5-8-25(30)23(26)20-33-16-18-34(19-17-33)28(35)27(31)22-11-14-32(15-12-22)13-10-21-6-3-4-7-24(21)29;/h3-9,22,27H,2,10-20,31H2,1H3;1H. The van der Waals surface area contributed by atoms with Gasteiger partial charge in [-0.15, -0.1) is 12.4 Å². The average Bonchev–Trinajstić information content (AvgIpc) is 2.90. The average molecular weight is 554 g/mol. The minimum Gasteiger partial charge on any atom is -0.493 e. The van der Waals surface area contributed by atoms with Crippen LogP contribution in [0.5, 0.6) is 5.75 Å². The molecule has 0 aromatic heterocycles. The first-order valence-electron chi connectivity index (χ1n) is 13.1. The van der Waals surface area contributed by atoms with Gasteiger partial charge in [0.25, 0.3) is 0 Å². The molecule has 0 saturated carbocycles. The maximum Gasteiger partial charge on any atom is 0.239 e. The highest BCUT2D eigenvalue weighted by Crippen LogP contribution is 2.25. The molecule has 0 spiro atoms. The van der Waals surface area contributed by atoms with E-state index in [1.165, 1.54) is 11.6 Å². The minimum absolute atomic E-state index is 0. The van der Waals surface area contributed by atoms with Gasteiger partial charge in [-0.1, -0.05) is 35.9 Å². The lowest BCUT2D eigenvalue weighted by atomic mass is 9.88. The summed E-state index contributed by atoms with van der Waals surface area (Å²) >= 11 is 6.29. The number of hydrogen-bond donors (Lipinski definition) is 1. The Hall–Kier alpha value is -1.90. The van der Waals surface area contributed by atoms with Crippen molar-refractivity contribution < 1.29 is 13.9 Å². The number of piperazine rings is 1. The quantitative estimate of drug-likeness (QED) is 0.504. The molecule has 4 rings (SSSR count). The van der Waals surface area contributed by atoms with Crippen LogP contribution >= 0.6 is 24.0 Å². The van der Waals surface area contributed by atoms with Gasteiger partial charge in [0.15, 0.2) is 0 Å². The Kier molecular flexibility index (Phi) is 11.5. The van der Waals surface area contributed by atoms with Crippen molar-refractivity contribution in [3.8, 4) is 5.75 Å². The minimum atomic E-state index is -0.460. The first kappa shape index (κ1) is 29.7. The fourth-order valence-corrected chi connectivity index (χ4v) is 5.49. The van der Waals surface area contributed by atoms with Crippen molar-refractivity contribution in [1.29, 1.82) is 0 Å². The summed E-state index contributed by atoms with van der Waals surface area (Å²) in [4.78, 5) is 19.7. The molecule has 0 aliphatic carbocycles. The number of amides is 1. The highest BCUT2D eigenvalue weighted by atomic mass is 35.5. The van der Waals surface area contributed by atoms with Crippen LogP contribution in [0.3, 0.4) is 0 Å². The van der Waals surface area contributed by atoms with Crippen molar-refractivity contribution in [3.63, 3.8) is 0 Å². The Morgan fingerprint density at radius 3 is 2.43 bits per heavy atom. The van der Waals surface area contributed by atoms with Gasteiger partial charge in [0.05, 0.1) is 12.6 Å². The third-order valence-corrected chi connectivity index (χ3v) is 7.89. The summed E-state index contributed by atoms with van der Waals surface area (Å²) in [5, 5.41) is 0.823. The predicted molar refractivity (Wildman–Crippen MR) is 149 cm³/mol. The summed E-state index contributed by atoms with van der Waals surface area (Å²) in [6.07, 6.45) is 2.80. The molecule has 0 radical (unpaired) electrons. The van der Waals surface area contributed by atoms with Gasteiger partial charge in [0.2, 0.25) is 5.91 Å². The molecule has 9 heteroatoms. The van der Waals surface area contributed by atoms with Crippen LogP contribution in [0, 0.1) is 11.7 Å². The molecule has 2 aliphatic heterocycles. The zero-order valence-corrected chi connectivity index (χ0v) is 23.2. The van der Waals surface area contributed by atoms with Crippen molar-refractivity contribution in [2.24, 2.45) is 11.7 Å². The summed E-state index contributed by atoms with van der Waals surface area (Å²) in [7, 11) is 0. The second kappa shape index (κ2) is 14.3. The Bertz CT molecular complexity index is 1010. The van der Waals surface area contributed by atoms with E-state index in [1.807, 2.05) is 36.1 Å². The molecule has 2 saturated heterocycles. The van der Waals surface area contributed by atoms with Gasteiger partial charge >= 0.3 is 0 Å². The largest absolute Gasteiger partial charge is 0.493 e.